The van der Waals surface area contributed by atoms with Crippen LogP contribution in [-0.2, 0) is 11.3 Å². The van der Waals surface area contributed by atoms with Crippen LogP contribution < -0.4 is 10.5 Å². The van der Waals surface area contributed by atoms with Crippen LogP contribution in [0.2, 0.25) is 0 Å². The Bertz CT molecular complexity index is 1420. The Hall–Kier alpha value is -3.94. The van der Waals surface area contributed by atoms with Crippen LogP contribution in [0.15, 0.2) is 59.4 Å². The Labute approximate surface area is 196 Å². The second kappa shape index (κ2) is 9.13. The molecule has 174 valence electrons. The van der Waals surface area contributed by atoms with Gasteiger partial charge in [0.2, 0.25) is 5.91 Å². The smallest absolute Gasteiger partial charge is 0.291 e. The molecule has 8 nitrogen and oxygen atoms in total. The number of anilines is 1. The van der Waals surface area contributed by atoms with Gasteiger partial charge in [-0.15, -0.1) is 0 Å². The van der Waals surface area contributed by atoms with Gasteiger partial charge in [0.15, 0.2) is 5.69 Å². The first kappa shape index (κ1) is 21.9. The third-order valence-corrected chi connectivity index (χ3v) is 6.44. The van der Waals surface area contributed by atoms with Crippen LogP contribution in [0.3, 0.4) is 0 Å². The number of rotatable bonds is 5. The lowest BCUT2D eigenvalue weighted by Gasteiger charge is -2.27. The van der Waals surface area contributed by atoms with Crippen LogP contribution in [-0.4, -0.2) is 51.1 Å². The van der Waals surface area contributed by atoms with Crippen molar-refractivity contribution in [3.8, 4) is 0 Å². The van der Waals surface area contributed by atoms with Gasteiger partial charge < -0.3 is 14.8 Å². The van der Waals surface area contributed by atoms with E-state index in [1.54, 1.807) is 9.80 Å². The molecule has 0 radical (unpaired) electrons. The van der Waals surface area contributed by atoms with Gasteiger partial charge in [-0.25, -0.2) is 4.68 Å². The summed E-state index contributed by atoms with van der Waals surface area (Å²) in [4.78, 5) is 46.7. The zero-order chi connectivity index (χ0) is 23.7. The number of H-pyrrole nitrogens is 1. The Balaban J connectivity index is 1.66. The van der Waals surface area contributed by atoms with Gasteiger partial charge in [-0.3, -0.25) is 14.4 Å². The van der Waals surface area contributed by atoms with E-state index in [-0.39, 0.29) is 29.6 Å². The van der Waals surface area contributed by atoms with Crippen LogP contribution >= 0.6 is 0 Å². The minimum Gasteiger partial charge on any atom is -0.350 e. The molecule has 0 saturated carbocycles. The van der Waals surface area contributed by atoms with Crippen molar-refractivity contribution in [3.05, 3.63) is 70.6 Å². The quantitative estimate of drug-likeness (QED) is 0.496. The van der Waals surface area contributed by atoms with Gasteiger partial charge in [-0.1, -0.05) is 36.4 Å². The molecule has 5 rings (SSSR count). The molecule has 0 spiro atoms. The number of amides is 2. The van der Waals surface area contributed by atoms with E-state index in [2.05, 4.69) is 10.1 Å². The Kier molecular flexibility index (Phi) is 5.88. The fourth-order valence-corrected chi connectivity index (χ4v) is 4.70. The molecule has 4 aromatic rings. The van der Waals surface area contributed by atoms with Crippen molar-refractivity contribution in [1.82, 2.24) is 19.7 Å². The van der Waals surface area contributed by atoms with Gasteiger partial charge in [0.05, 0.1) is 0 Å². The van der Waals surface area contributed by atoms with E-state index < -0.39 is 5.56 Å². The van der Waals surface area contributed by atoms with E-state index in [0.29, 0.717) is 25.0 Å². The SMILES string of the molecule is CCN(C(=O)c1nn(CC(=O)N2CCCCC2)c(=O)c2[nH]c3ccccc3c12)c1ccccc1. The Morgan fingerprint density at radius 1 is 1.00 bits per heavy atom. The number of piperidine rings is 1. The first-order valence-electron chi connectivity index (χ1n) is 11.7. The molecule has 1 saturated heterocycles. The lowest BCUT2D eigenvalue weighted by Crippen LogP contribution is -2.41. The zero-order valence-electron chi connectivity index (χ0n) is 19.2. The van der Waals surface area contributed by atoms with E-state index in [9.17, 15) is 14.4 Å². The summed E-state index contributed by atoms with van der Waals surface area (Å²) in [7, 11) is 0. The standard InChI is InChI=1S/C26H27N5O3/c1-2-30(18-11-5-3-6-12-18)25(33)24-22-19-13-7-8-14-20(19)27-23(22)26(34)31(28-24)17-21(32)29-15-9-4-10-16-29/h3,5-8,11-14,27H,2,4,9-10,15-17H2,1H3. The molecule has 0 aliphatic carbocycles. The summed E-state index contributed by atoms with van der Waals surface area (Å²) in [5.74, 6) is -0.471. The number of hydrogen-bond donors (Lipinski definition) is 1. The van der Waals surface area contributed by atoms with Gasteiger partial charge in [0.1, 0.15) is 12.1 Å². The van der Waals surface area contributed by atoms with Crippen molar-refractivity contribution in [2.24, 2.45) is 0 Å². The minimum atomic E-state index is -0.407. The Morgan fingerprint density at radius 2 is 1.71 bits per heavy atom. The third-order valence-electron chi connectivity index (χ3n) is 6.44. The maximum Gasteiger partial charge on any atom is 0.291 e. The fourth-order valence-electron chi connectivity index (χ4n) is 4.70. The van der Waals surface area contributed by atoms with Crippen LogP contribution in [0.5, 0.6) is 0 Å². The van der Waals surface area contributed by atoms with E-state index in [1.165, 1.54) is 0 Å². The molecule has 2 aromatic carbocycles. The molecule has 0 unspecified atom stereocenters. The van der Waals surface area contributed by atoms with Crippen molar-refractivity contribution in [3.63, 3.8) is 0 Å². The minimum absolute atomic E-state index is 0.154. The lowest BCUT2D eigenvalue weighted by molar-refractivity contribution is -0.133. The topological polar surface area (TPSA) is 91.3 Å². The molecule has 1 aliphatic heterocycles. The molecule has 8 heteroatoms. The first-order valence-corrected chi connectivity index (χ1v) is 11.7. The summed E-state index contributed by atoms with van der Waals surface area (Å²) in [6, 6.07) is 16.8. The summed E-state index contributed by atoms with van der Waals surface area (Å²) in [5.41, 5.74) is 1.52. The number of aromatic amines is 1. The maximum atomic E-state index is 13.8. The second-order valence-corrected chi connectivity index (χ2v) is 8.56. The van der Waals surface area contributed by atoms with Crippen molar-refractivity contribution >= 4 is 39.3 Å². The predicted octanol–water partition coefficient (Wildman–Crippen LogP) is 3.56. The van der Waals surface area contributed by atoms with Crippen molar-refractivity contribution in [2.45, 2.75) is 32.7 Å². The molecular weight excluding hydrogens is 430 g/mol. The summed E-state index contributed by atoms with van der Waals surface area (Å²) < 4.78 is 1.14. The molecule has 34 heavy (non-hydrogen) atoms. The molecule has 1 aliphatic rings. The van der Waals surface area contributed by atoms with Crippen LogP contribution in [0.1, 0.15) is 36.7 Å². The summed E-state index contributed by atoms with van der Waals surface area (Å²) in [6.07, 6.45) is 3.02. The molecule has 1 N–H and O–H groups in total. The van der Waals surface area contributed by atoms with E-state index in [1.807, 2.05) is 61.5 Å². The van der Waals surface area contributed by atoms with E-state index in [0.717, 1.165) is 40.5 Å². The molecular formula is C26H27N5O3. The summed E-state index contributed by atoms with van der Waals surface area (Å²) >= 11 is 0. The van der Waals surface area contributed by atoms with Crippen LogP contribution in [0, 0.1) is 0 Å². The number of aromatic nitrogens is 3. The summed E-state index contributed by atoms with van der Waals surface area (Å²) in [6.45, 7) is 3.51. The van der Waals surface area contributed by atoms with Crippen molar-refractivity contribution in [1.29, 1.82) is 0 Å². The molecule has 2 aromatic heterocycles. The number of nitrogens with zero attached hydrogens (tertiary/aromatic N) is 4. The molecule has 0 atom stereocenters. The highest BCUT2D eigenvalue weighted by Gasteiger charge is 2.26. The fraction of sp³-hybridized carbons (Fsp3) is 0.308. The number of fused-ring (bicyclic) bond motifs is 3. The largest absolute Gasteiger partial charge is 0.350 e. The average Bonchev–Trinajstić information content (AvgIpc) is 3.27. The van der Waals surface area contributed by atoms with Gasteiger partial charge in [-0.2, -0.15) is 5.10 Å². The maximum absolute atomic E-state index is 13.8. The molecule has 0 bridgehead atoms. The van der Waals surface area contributed by atoms with Gasteiger partial charge in [0.25, 0.3) is 11.5 Å². The average molecular weight is 458 g/mol. The highest BCUT2D eigenvalue weighted by atomic mass is 16.2. The zero-order valence-corrected chi connectivity index (χ0v) is 19.2. The van der Waals surface area contributed by atoms with Gasteiger partial charge in [-0.05, 0) is 44.4 Å². The normalized spacial score (nSPS) is 14.0. The highest BCUT2D eigenvalue weighted by molar-refractivity contribution is 6.19. The lowest BCUT2D eigenvalue weighted by atomic mass is 10.1. The number of para-hydroxylation sites is 2. The number of likely N-dealkylation sites (tertiary alicyclic amines) is 1. The van der Waals surface area contributed by atoms with Gasteiger partial charge >= 0.3 is 0 Å². The predicted molar refractivity (Wildman–Crippen MR) is 132 cm³/mol. The van der Waals surface area contributed by atoms with Crippen molar-refractivity contribution < 1.29 is 9.59 Å². The van der Waals surface area contributed by atoms with E-state index >= 15 is 0 Å². The molecule has 2 amide bonds. The number of benzene rings is 2. The molecule has 3 heterocycles. The monoisotopic (exact) mass is 457 g/mol. The second-order valence-electron chi connectivity index (χ2n) is 8.56. The Morgan fingerprint density at radius 3 is 2.44 bits per heavy atom. The van der Waals surface area contributed by atoms with E-state index in [4.69, 9.17) is 0 Å². The molecule has 1 fully saturated rings. The van der Waals surface area contributed by atoms with Gasteiger partial charge in [0, 0.05) is 41.6 Å². The first-order chi connectivity index (χ1) is 16.6. The number of hydrogen-bond acceptors (Lipinski definition) is 4. The van der Waals surface area contributed by atoms with Crippen LogP contribution in [0.25, 0.3) is 21.8 Å². The van der Waals surface area contributed by atoms with Crippen molar-refractivity contribution in [2.75, 3.05) is 24.5 Å². The van der Waals surface area contributed by atoms with Crippen LogP contribution in [0.4, 0.5) is 5.69 Å². The highest BCUT2D eigenvalue weighted by Crippen LogP contribution is 2.27. The summed E-state index contributed by atoms with van der Waals surface area (Å²) in [5, 5.41) is 5.74. The number of carbonyl (C=O) groups excluding carboxylic acids is 2. The number of nitrogens with one attached hydrogen (secondary N) is 1. The number of carbonyl (C=O) groups is 2. The third kappa shape index (κ3) is 3.85.